The lowest BCUT2D eigenvalue weighted by molar-refractivity contribution is -0.181. The molecule has 1 aromatic rings. The number of carbonyl (C=O) groups is 1. The van der Waals surface area contributed by atoms with Gasteiger partial charge >= 0.3 is 18.4 Å². The van der Waals surface area contributed by atoms with Crippen LogP contribution in [0.3, 0.4) is 0 Å². The molecule has 1 N–H and O–H groups in total. The maximum absolute atomic E-state index is 12.9. The molecule has 2 amide bonds. The molecular formula is C14H14F6N2O. The maximum atomic E-state index is 12.9. The van der Waals surface area contributed by atoms with Gasteiger partial charge in [0.15, 0.2) is 0 Å². The monoisotopic (exact) mass is 340 g/mol. The van der Waals surface area contributed by atoms with E-state index in [1.54, 1.807) is 0 Å². The maximum Gasteiger partial charge on any atom is 0.416 e. The highest BCUT2D eigenvalue weighted by molar-refractivity contribution is 5.89. The van der Waals surface area contributed by atoms with Crippen LogP contribution in [0.5, 0.6) is 0 Å². The van der Waals surface area contributed by atoms with Crippen molar-refractivity contribution >= 4 is 11.7 Å². The van der Waals surface area contributed by atoms with Crippen LogP contribution in [0.2, 0.25) is 0 Å². The molecular weight excluding hydrogens is 326 g/mol. The number of hydrogen-bond donors (Lipinski definition) is 1. The first-order valence-corrected chi connectivity index (χ1v) is 6.90. The first-order valence-electron chi connectivity index (χ1n) is 6.90. The molecule has 1 atom stereocenters. The molecule has 1 saturated heterocycles. The van der Waals surface area contributed by atoms with Crippen molar-refractivity contribution in [3.05, 3.63) is 29.8 Å². The number of likely N-dealkylation sites (tertiary alicyclic amines) is 1. The predicted octanol–water partition coefficient (Wildman–Crippen LogP) is 4.65. The van der Waals surface area contributed by atoms with Crippen molar-refractivity contribution in [2.75, 3.05) is 11.9 Å². The zero-order chi connectivity index (χ0) is 17.3. The Hall–Kier alpha value is -1.93. The van der Waals surface area contributed by atoms with Gasteiger partial charge < -0.3 is 10.2 Å². The second-order valence-corrected chi connectivity index (χ2v) is 5.25. The van der Waals surface area contributed by atoms with Crippen LogP contribution >= 0.6 is 0 Å². The van der Waals surface area contributed by atoms with Gasteiger partial charge in [0.25, 0.3) is 0 Å². The van der Waals surface area contributed by atoms with Crippen molar-refractivity contribution < 1.29 is 31.1 Å². The van der Waals surface area contributed by atoms with Gasteiger partial charge in [0.1, 0.15) is 6.04 Å². The summed E-state index contributed by atoms with van der Waals surface area (Å²) < 4.78 is 76.1. The molecule has 23 heavy (non-hydrogen) atoms. The zero-order valence-electron chi connectivity index (χ0n) is 11.8. The van der Waals surface area contributed by atoms with Crippen molar-refractivity contribution in [2.45, 2.75) is 37.7 Å². The third-order valence-corrected chi connectivity index (χ3v) is 3.60. The summed E-state index contributed by atoms with van der Waals surface area (Å²) in [6.07, 6.45) is -8.40. The number of alkyl halides is 6. The van der Waals surface area contributed by atoms with Gasteiger partial charge in [-0.1, -0.05) is 0 Å². The van der Waals surface area contributed by atoms with E-state index in [1.807, 2.05) is 0 Å². The molecule has 1 aromatic carbocycles. The molecule has 128 valence electrons. The lowest BCUT2D eigenvalue weighted by Gasteiger charge is -2.36. The molecule has 0 aliphatic carbocycles. The number of urea groups is 1. The summed E-state index contributed by atoms with van der Waals surface area (Å²) in [5.41, 5.74) is -0.892. The Morgan fingerprint density at radius 3 is 2.17 bits per heavy atom. The Morgan fingerprint density at radius 2 is 1.65 bits per heavy atom. The largest absolute Gasteiger partial charge is 0.416 e. The molecule has 1 aliphatic rings. The van der Waals surface area contributed by atoms with Gasteiger partial charge in [0.2, 0.25) is 0 Å². The quantitative estimate of drug-likeness (QED) is 0.741. The summed E-state index contributed by atoms with van der Waals surface area (Å²) in [5.74, 6) is 0. The normalized spacial score (nSPS) is 19.6. The summed E-state index contributed by atoms with van der Waals surface area (Å²) in [6.45, 7) is -0.0450. The highest BCUT2D eigenvalue weighted by Crippen LogP contribution is 2.33. The zero-order valence-corrected chi connectivity index (χ0v) is 11.8. The SMILES string of the molecule is O=C(Nc1ccc(C(F)(F)F)cc1)N1CCCCC1C(F)(F)F. The van der Waals surface area contributed by atoms with Gasteiger partial charge in [-0.15, -0.1) is 0 Å². The van der Waals surface area contributed by atoms with E-state index in [9.17, 15) is 31.1 Å². The van der Waals surface area contributed by atoms with Crippen molar-refractivity contribution in [1.29, 1.82) is 0 Å². The highest BCUT2D eigenvalue weighted by Gasteiger charge is 2.46. The van der Waals surface area contributed by atoms with Crippen LogP contribution in [-0.2, 0) is 6.18 Å². The van der Waals surface area contributed by atoms with E-state index < -0.39 is 30.0 Å². The second kappa shape index (κ2) is 6.29. The molecule has 0 aromatic heterocycles. The molecule has 1 heterocycles. The number of halogens is 6. The van der Waals surface area contributed by atoms with Crippen LogP contribution in [0, 0.1) is 0 Å². The number of anilines is 1. The number of hydrogen-bond acceptors (Lipinski definition) is 1. The third kappa shape index (κ3) is 4.29. The minimum atomic E-state index is -4.53. The van der Waals surface area contributed by atoms with Crippen LogP contribution in [0.4, 0.5) is 36.8 Å². The highest BCUT2D eigenvalue weighted by atomic mass is 19.4. The number of nitrogens with zero attached hydrogens (tertiary/aromatic N) is 1. The Bertz CT molecular complexity index is 552. The van der Waals surface area contributed by atoms with E-state index in [2.05, 4.69) is 5.32 Å². The van der Waals surface area contributed by atoms with Crippen LogP contribution in [0.1, 0.15) is 24.8 Å². The van der Waals surface area contributed by atoms with Crippen LogP contribution in [0.25, 0.3) is 0 Å². The van der Waals surface area contributed by atoms with Gasteiger partial charge in [-0.25, -0.2) is 4.79 Å². The Labute approximate surface area is 128 Å². The minimum absolute atomic E-state index is 0.00879. The molecule has 1 fully saturated rings. The number of piperidine rings is 1. The van der Waals surface area contributed by atoms with Crippen molar-refractivity contribution in [3.63, 3.8) is 0 Å². The first kappa shape index (κ1) is 17.4. The predicted molar refractivity (Wildman–Crippen MR) is 70.9 cm³/mol. The molecule has 9 heteroatoms. The third-order valence-electron chi connectivity index (χ3n) is 3.60. The van der Waals surface area contributed by atoms with Crippen LogP contribution in [0.15, 0.2) is 24.3 Å². The number of nitrogens with one attached hydrogen (secondary N) is 1. The average Bonchev–Trinajstić information content (AvgIpc) is 2.46. The number of amides is 2. The number of benzene rings is 1. The van der Waals surface area contributed by atoms with Gasteiger partial charge in [-0.05, 0) is 43.5 Å². The van der Waals surface area contributed by atoms with E-state index in [-0.39, 0.29) is 18.7 Å². The van der Waals surface area contributed by atoms with Crippen molar-refractivity contribution in [1.82, 2.24) is 4.90 Å². The fourth-order valence-electron chi connectivity index (χ4n) is 2.45. The fraction of sp³-hybridized carbons (Fsp3) is 0.500. The molecule has 1 aliphatic heterocycles. The standard InChI is InChI=1S/C14H14F6N2O/c15-13(16,17)9-4-6-10(7-5-9)21-12(23)22-8-2-1-3-11(22)14(18,19)20/h4-7,11H,1-3,8H2,(H,21,23). The summed E-state index contributed by atoms with van der Waals surface area (Å²) in [4.78, 5) is 12.7. The van der Waals surface area contributed by atoms with Gasteiger partial charge in [0, 0.05) is 12.2 Å². The molecule has 3 nitrogen and oxygen atoms in total. The lowest BCUT2D eigenvalue weighted by atomic mass is 10.0. The summed E-state index contributed by atoms with van der Waals surface area (Å²) in [7, 11) is 0. The lowest BCUT2D eigenvalue weighted by Crippen LogP contribution is -2.52. The molecule has 0 bridgehead atoms. The van der Waals surface area contributed by atoms with Gasteiger partial charge in [-0.2, -0.15) is 26.3 Å². The van der Waals surface area contributed by atoms with E-state index in [0.717, 1.165) is 24.3 Å². The summed E-state index contributed by atoms with van der Waals surface area (Å²) >= 11 is 0. The van der Waals surface area contributed by atoms with Crippen LogP contribution in [-0.4, -0.2) is 29.7 Å². The smallest absolute Gasteiger partial charge is 0.312 e. The number of rotatable bonds is 1. The van der Waals surface area contributed by atoms with Crippen molar-refractivity contribution in [2.24, 2.45) is 0 Å². The molecule has 2 rings (SSSR count). The second-order valence-electron chi connectivity index (χ2n) is 5.25. The van der Waals surface area contributed by atoms with Crippen molar-refractivity contribution in [3.8, 4) is 0 Å². The molecule has 1 unspecified atom stereocenters. The van der Waals surface area contributed by atoms with Gasteiger partial charge in [0.05, 0.1) is 5.56 Å². The van der Waals surface area contributed by atoms with Crippen LogP contribution < -0.4 is 5.32 Å². The molecule has 0 saturated carbocycles. The molecule has 0 spiro atoms. The van der Waals surface area contributed by atoms with Gasteiger partial charge in [-0.3, -0.25) is 0 Å². The topological polar surface area (TPSA) is 32.3 Å². The Balaban J connectivity index is 2.08. The molecule has 0 radical (unpaired) electrons. The summed E-state index contributed by atoms with van der Waals surface area (Å²) in [5, 5.41) is 2.21. The average molecular weight is 340 g/mol. The Kier molecular flexibility index (Phi) is 4.76. The van der Waals surface area contributed by atoms with E-state index in [0.29, 0.717) is 17.7 Å². The first-order chi connectivity index (χ1) is 10.6. The summed E-state index contributed by atoms with van der Waals surface area (Å²) in [6, 6.07) is 0.693. The minimum Gasteiger partial charge on any atom is -0.312 e. The van der Waals surface area contributed by atoms with E-state index >= 15 is 0 Å². The van der Waals surface area contributed by atoms with E-state index in [4.69, 9.17) is 0 Å². The fourth-order valence-corrected chi connectivity index (χ4v) is 2.45. The Morgan fingerprint density at radius 1 is 1.04 bits per heavy atom. The number of carbonyl (C=O) groups excluding carboxylic acids is 1. The van der Waals surface area contributed by atoms with E-state index in [1.165, 1.54) is 0 Å².